The Bertz CT molecular complexity index is 724. The highest BCUT2D eigenvalue weighted by Gasteiger charge is 2.39. The van der Waals surface area contributed by atoms with Crippen LogP contribution in [0.5, 0.6) is 0 Å². The van der Waals surface area contributed by atoms with Gasteiger partial charge in [0.2, 0.25) is 0 Å². The Morgan fingerprint density at radius 1 is 1.23 bits per heavy atom. The van der Waals surface area contributed by atoms with Crippen molar-refractivity contribution >= 4 is 20.4 Å². The molecule has 1 amide bonds. The number of esters is 1. The molecule has 0 aromatic heterocycles. The van der Waals surface area contributed by atoms with Gasteiger partial charge in [0.1, 0.15) is 0 Å². The number of carbonyl (C=O) groups excluding carboxylic acids is 2. The van der Waals surface area contributed by atoms with Gasteiger partial charge in [0, 0.05) is 13.0 Å². The van der Waals surface area contributed by atoms with Gasteiger partial charge in [-0.25, -0.2) is 9.59 Å². The van der Waals surface area contributed by atoms with Crippen LogP contribution in [-0.4, -0.2) is 57.2 Å². The average Bonchev–Trinajstić information content (AvgIpc) is 2.64. The Hall–Kier alpha value is -1.86. The van der Waals surface area contributed by atoms with Crippen molar-refractivity contribution in [1.29, 1.82) is 0 Å². The lowest BCUT2D eigenvalue weighted by atomic mass is 10.1. The molecule has 1 aromatic carbocycles. The summed E-state index contributed by atoms with van der Waals surface area (Å²) in [5, 5.41) is 0.130. The first-order chi connectivity index (χ1) is 13.9. The highest BCUT2D eigenvalue weighted by molar-refractivity contribution is 6.74. The summed E-state index contributed by atoms with van der Waals surface area (Å²) < 4.78 is 16.9. The van der Waals surface area contributed by atoms with Gasteiger partial charge in [-0.15, -0.1) is 0 Å². The zero-order valence-corrected chi connectivity index (χ0v) is 20.5. The molecule has 1 heterocycles. The van der Waals surface area contributed by atoms with Gasteiger partial charge < -0.3 is 18.8 Å². The first-order valence-corrected chi connectivity index (χ1v) is 13.7. The van der Waals surface area contributed by atoms with Crippen molar-refractivity contribution in [3.63, 3.8) is 0 Å². The third-order valence-electron chi connectivity index (χ3n) is 5.97. The lowest BCUT2D eigenvalue weighted by Gasteiger charge is -2.40. The molecular formula is C23H37NO5Si. The third kappa shape index (κ3) is 6.57. The van der Waals surface area contributed by atoms with E-state index in [-0.39, 0.29) is 29.2 Å². The fourth-order valence-corrected chi connectivity index (χ4v) is 4.02. The monoisotopic (exact) mass is 435 g/mol. The molecule has 168 valence electrons. The summed E-state index contributed by atoms with van der Waals surface area (Å²) in [4.78, 5) is 26.2. The molecule has 1 aliphatic heterocycles. The lowest BCUT2D eigenvalue weighted by Crippen LogP contribution is -2.51. The van der Waals surface area contributed by atoms with E-state index in [2.05, 4.69) is 33.9 Å². The topological polar surface area (TPSA) is 65.1 Å². The molecule has 6 nitrogen and oxygen atoms in total. The first-order valence-electron chi connectivity index (χ1n) is 10.8. The zero-order chi connectivity index (χ0) is 22.5. The van der Waals surface area contributed by atoms with Gasteiger partial charge in [0.05, 0.1) is 30.9 Å². The number of amides is 1. The standard InChI is InChI=1S/C23H37NO5Si/c1-17(2)29-21(25)19-10-8-18(9-11-19)12-14-24-20(13-15-27-22(24)26)16-28-30(6,7)23(3,4)5/h8-11,17,20H,12-16H2,1-7H3. The predicted octanol–water partition coefficient (Wildman–Crippen LogP) is 5.03. The Morgan fingerprint density at radius 2 is 1.87 bits per heavy atom. The Balaban J connectivity index is 1.97. The van der Waals surface area contributed by atoms with E-state index in [0.717, 1.165) is 12.0 Å². The van der Waals surface area contributed by atoms with Crippen LogP contribution in [0.4, 0.5) is 4.79 Å². The van der Waals surface area contributed by atoms with Crippen LogP contribution in [0.15, 0.2) is 24.3 Å². The second-order valence-electron chi connectivity index (χ2n) is 9.72. The van der Waals surface area contributed by atoms with Crippen molar-refractivity contribution in [2.75, 3.05) is 19.8 Å². The zero-order valence-electron chi connectivity index (χ0n) is 19.5. The normalized spacial score (nSPS) is 17.8. The van der Waals surface area contributed by atoms with E-state index in [1.165, 1.54) is 0 Å². The molecule has 0 bridgehead atoms. The summed E-state index contributed by atoms with van der Waals surface area (Å²) in [5.41, 5.74) is 1.59. The molecule has 1 aromatic rings. The van der Waals surface area contributed by atoms with E-state index in [4.69, 9.17) is 13.9 Å². The van der Waals surface area contributed by atoms with Crippen LogP contribution >= 0.6 is 0 Å². The van der Waals surface area contributed by atoms with E-state index < -0.39 is 8.32 Å². The van der Waals surface area contributed by atoms with E-state index in [0.29, 0.717) is 31.7 Å². The molecule has 1 fully saturated rings. The minimum Gasteiger partial charge on any atom is -0.459 e. The van der Waals surface area contributed by atoms with Gasteiger partial charge >= 0.3 is 12.1 Å². The van der Waals surface area contributed by atoms with E-state index in [1.54, 1.807) is 17.0 Å². The number of ether oxygens (including phenoxy) is 2. The summed E-state index contributed by atoms with van der Waals surface area (Å²) in [7, 11) is -1.88. The minimum atomic E-state index is -1.88. The molecule has 0 saturated carbocycles. The number of rotatable bonds is 8. The molecule has 0 N–H and O–H groups in total. The van der Waals surface area contributed by atoms with Crippen LogP contribution in [0, 0.1) is 0 Å². The summed E-state index contributed by atoms with van der Waals surface area (Å²) in [5.74, 6) is -0.320. The molecule has 0 radical (unpaired) electrons. The van der Waals surface area contributed by atoms with Gasteiger partial charge in [-0.1, -0.05) is 32.9 Å². The first kappa shape index (κ1) is 24.4. The Labute approximate surface area is 182 Å². The highest BCUT2D eigenvalue weighted by atomic mass is 28.4. The van der Waals surface area contributed by atoms with Crippen LogP contribution in [0.2, 0.25) is 18.1 Å². The van der Waals surface area contributed by atoms with Crippen molar-refractivity contribution in [2.45, 2.75) is 77.7 Å². The Morgan fingerprint density at radius 3 is 2.43 bits per heavy atom. The average molecular weight is 436 g/mol. The van der Waals surface area contributed by atoms with Crippen LogP contribution in [0.25, 0.3) is 0 Å². The fraction of sp³-hybridized carbons (Fsp3) is 0.652. The number of carbonyl (C=O) groups is 2. The maximum absolute atomic E-state index is 12.4. The quantitative estimate of drug-likeness (QED) is 0.423. The number of benzene rings is 1. The lowest BCUT2D eigenvalue weighted by molar-refractivity contribution is 0.0276. The minimum absolute atomic E-state index is 0.0284. The number of hydrogen-bond acceptors (Lipinski definition) is 5. The van der Waals surface area contributed by atoms with Crippen molar-refractivity contribution in [3.05, 3.63) is 35.4 Å². The van der Waals surface area contributed by atoms with Crippen molar-refractivity contribution in [2.24, 2.45) is 0 Å². The summed E-state index contributed by atoms with van der Waals surface area (Å²) in [6.45, 7) is 16.3. The van der Waals surface area contributed by atoms with Gasteiger partial charge in [-0.05, 0) is 56.1 Å². The number of cyclic esters (lactones) is 1. The van der Waals surface area contributed by atoms with Crippen molar-refractivity contribution in [3.8, 4) is 0 Å². The number of hydrogen-bond donors (Lipinski definition) is 0. The van der Waals surface area contributed by atoms with E-state index in [1.807, 2.05) is 26.0 Å². The maximum Gasteiger partial charge on any atom is 0.410 e. The molecule has 1 saturated heterocycles. The highest BCUT2D eigenvalue weighted by Crippen LogP contribution is 2.37. The second kappa shape index (κ2) is 9.96. The van der Waals surface area contributed by atoms with E-state index >= 15 is 0 Å². The summed E-state index contributed by atoms with van der Waals surface area (Å²) in [6.07, 6.45) is 1.04. The third-order valence-corrected chi connectivity index (χ3v) is 10.5. The molecule has 7 heteroatoms. The molecular weight excluding hydrogens is 398 g/mol. The van der Waals surface area contributed by atoms with Gasteiger partial charge in [0.25, 0.3) is 0 Å². The second-order valence-corrected chi connectivity index (χ2v) is 14.5. The van der Waals surface area contributed by atoms with Crippen LogP contribution in [-0.2, 0) is 20.3 Å². The largest absolute Gasteiger partial charge is 0.459 e. The maximum atomic E-state index is 12.4. The molecule has 1 atom stereocenters. The van der Waals surface area contributed by atoms with Gasteiger partial charge in [0.15, 0.2) is 8.32 Å². The van der Waals surface area contributed by atoms with E-state index in [9.17, 15) is 9.59 Å². The summed E-state index contributed by atoms with van der Waals surface area (Å²) in [6, 6.07) is 7.39. The van der Waals surface area contributed by atoms with Gasteiger partial charge in [-0.3, -0.25) is 0 Å². The molecule has 0 spiro atoms. The van der Waals surface area contributed by atoms with Crippen molar-refractivity contribution in [1.82, 2.24) is 4.90 Å². The van der Waals surface area contributed by atoms with Crippen LogP contribution < -0.4 is 0 Å². The van der Waals surface area contributed by atoms with Crippen LogP contribution in [0.3, 0.4) is 0 Å². The molecule has 1 aliphatic rings. The molecule has 2 rings (SSSR count). The summed E-state index contributed by atoms with van der Waals surface area (Å²) >= 11 is 0. The Kier molecular flexibility index (Phi) is 8.11. The SMILES string of the molecule is CC(C)OC(=O)c1ccc(CCN2C(=O)OCCC2CO[Si](C)(C)C(C)(C)C)cc1. The molecule has 1 unspecified atom stereocenters. The predicted molar refractivity (Wildman–Crippen MR) is 120 cm³/mol. The van der Waals surface area contributed by atoms with Gasteiger partial charge in [-0.2, -0.15) is 0 Å². The fourth-order valence-electron chi connectivity index (χ4n) is 2.98. The molecule has 0 aliphatic carbocycles. The van der Waals surface area contributed by atoms with Crippen molar-refractivity contribution < 1.29 is 23.5 Å². The smallest absolute Gasteiger partial charge is 0.410 e. The number of nitrogens with zero attached hydrogens (tertiary/aromatic N) is 1. The molecule has 30 heavy (non-hydrogen) atoms. The van der Waals surface area contributed by atoms with Crippen LogP contribution in [0.1, 0.15) is 57.0 Å².